The van der Waals surface area contributed by atoms with Crippen molar-refractivity contribution in [1.82, 2.24) is 4.72 Å². The Kier molecular flexibility index (Phi) is 3.78. The molecule has 0 spiro atoms. The molecule has 0 aromatic carbocycles. The van der Waals surface area contributed by atoms with Gasteiger partial charge in [-0.25, -0.2) is 17.2 Å². The standard InChI is InChI=1S/C7H10F5NO2S/c8-5-2-1-4(3-6(5)9)16(14,15)13-7(10,11)12/h4-6,13H,1-3H2. The van der Waals surface area contributed by atoms with E-state index in [4.69, 9.17) is 0 Å². The van der Waals surface area contributed by atoms with Crippen molar-refractivity contribution in [1.29, 1.82) is 0 Å². The largest absolute Gasteiger partial charge is 0.470 e. The molecule has 1 aliphatic carbocycles. The van der Waals surface area contributed by atoms with Gasteiger partial charge in [-0.05, 0) is 19.3 Å². The van der Waals surface area contributed by atoms with Gasteiger partial charge in [-0.3, -0.25) is 0 Å². The van der Waals surface area contributed by atoms with Crippen LogP contribution in [0.15, 0.2) is 0 Å². The number of nitrogens with one attached hydrogen (secondary N) is 1. The van der Waals surface area contributed by atoms with Crippen LogP contribution in [0.4, 0.5) is 22.0 Å². The summed E-state index contributed by atoms with van der Waals surface area (Å²) in [5.74, 6) is 0. The molecule has 0 saturated heterocycles. The minimum Gasteiger partial charge on any atom is -0.244 e. The summed E-state index contributed by atoms with van der Waals surface area (Å²) in [7, 11) is -4.68. The molecule has 96 valence electrons. The first-order valence-corrected chi connectivity index (χ1v) is 6.04. The number of sulfonamides is 1. The molecule has 0 amide bonds. The Morgan fingerprint density at radius 2 is 1.62 bits per heavy atom. The van der Waals surface area contributed by atoms with E-state index in [9.17, 15) is 30.4 Å². The summed E-state index contributed by atoms with van der Waals surface area (Å²) in [5.41, 5.74) is 0. The smallest absolute Gasteiger partial charge is 0.244 e. The zero-order valence-corrected chi connectivity index (χ0v) is 8.78. The molecule has 0 aliphatic heterocycles. The summed E-state index contributed by atoms with van der Waals surface area (Å²) in [6.45, 7) is 0. The first-order valence-electron chi connectivity index (χ1n) is 4.49. The maximum atomic E-state index is 12.8. The molecule has 0 bridgehead atoms. The van der Waals surface area contributed by atoms with Crippen LogP contribution in [0.1, 0.15) is 19.3 Å². The quantitative estimate of drug-likeness (QED) is 0.611. The number of alkyl halides is 5. The summed E-state index contributed by atoms with van der Waals surface area (Å²) in [6, 6.07) is 0. The second-order valence-corrected chi connectivity index (χ2v) is 5.57. The Labute approximate surface area is 89.1 Å². The van der Waals surface area contributed by atoms with Gasteiger partial charge in [0.15, 0.2) is 0 Å². The average molecular weight is 267 g/mol. The van der Waals surface area contributed by atoms with Crippen LogP contribution in [0.5, 0.6) is 0 Å². The molecule has 0 heterocycles. The van der Waals surface area contributed by atoms with Crippen LogP contribution in [0.3, 0.4) is 0 Å². The third-order valence-electron chi connectivity index (χ3n) is 2.34. The predicted octanol–water partition coefficient (Wildman–Crippen LogP) is 1.65. The maximum absolute atomic E-state index is 12.8. The molecule has 3 nitrogen and oxygen atoms in total. The topological polar surface area (TPSA) is 46.2 Å². The van der Waals surface area contributed by atoms with Gasteiger partial charge in [-0.2, -0.15) is 13.2 Å². The van der Waals surface area contributed by atoms with E-state index in [0.717, 1.165) is 0 Å². The van der Waals surface area contributed by atoms with Gasteiger partial charge >= 0.3 is 6.30 Å². The molecule has 1 aliphatic rings. The van der Waals surface area contributed by atoms with Gasteiger partial charge in [0.05, 0.1) is 5.25 Å². The van der Waals surface area contributed by atoms with Crippen molar-refractivity contribution in [2.45, 2.75) is 43.2 Å². The molecule has 9 heteroatoms. The van der Waals surface area contributed by atoms with Crippen molar-refractivity contribution < 1.29 is 30.4 Å². The highest BCUT2D eigenvalue weighted by Gasteiger charge is 2.42. The lowest BCUT2D eigenvalue weighted by atomic mass is 9.97. The summed E-state index contributed by atoms with van der Waals surface area (Å²) in [5, 5.41) is -1.53. The second-order valence-electron chi connectivity index (χ2n) is 3.61. The Morgan fingerprint density at radius 3 is 2.06 bits per heavy atom. The maximum Gasteiger partial charge on any atom is 0.470 e. The van der Waals surface area contributed by atoms with Gasteiger partial charge in [0.1, 0.15) is 12.3 Å². The number of hydrogen-bond acceptors (Lipinski definition) is 2. The van der Waals surface area contributed by atoms with Gasteiger partial charge in [0.25, 0.3) is 0 Å². The third kappa shape index (κ3) is 3.55. The second kappa shape index (κ2) is 4.44. The zero-order valence-electron chi connectivity index (χ0n) is 7.97. The van der Waals surface area contributed by atoms with Gasteiger partial charge in [-0.1, -0.05) is 0 Å². The van der Waals surface area contributed by atoms with E-state index in [-0.39, 0.29) is 12.8 Å². The van der Waals surface area contributed by atoms with Gasteiger partial charge in [0.2, 0.25) is 10.0 Å². The highest BCUT2D eigenvalue weighted by molar-refractivity contribution is 7.90. The van der Waals surface area contributed by atoms with E-state index >= 15 is 0 Å². The van der Waals surface area contributed by atoms with Crippen molar-refractivity contribution in [3.8, 4) is 0 Å². The van der Waals surface area contributed by atoms with Crippen LogP contribution in [-0.4, -0.2) is 32.3 Å². The molecule has 1 saturated carbocycles. The van der Waals surface area contributed by atoms with Crippen molar-refractivity contribution in [3.05, 3.63) is 0 Å². The van der Waals surface area contributed by atoms with E-state index in [0.29, 0.717) is 4.72 Å². The molecule has 3 unspecified atom stereocenters. The van der Waals surface area contributed by atoms with E-state index in [1.54, 1.807) is 0 Å². The summed E-state index contributed by atoms with van der Waals surface area (Å²) < 4.78 is 83.7. The Balaban J connectivity index is 2.71. The zero-order chi connectivity index (χ0) is 12.6. The fourth-order valence-corrected chi connectivity index (χ4v) is 2.94. The molecule has 0 radical (unpaired) electrons. The Morgan fingerprint density at radius 1 is 1.06 bits per heavy atom. The molecule has 3 atom stereocenters. The minimum atomic E-state index is -5.09. The minimum absolute atomic E-state index is 0.312. The van der Waals surface area contributed by atoms with Crippen molar-refractivity contribution in [2.24, 2.45) is 0 Å². The van der Waals surface area contributed by atoms with Crippen LogP contribution in [0.2, 0.25) is 0 Å². The van der Waals surface area contributed by atoms with E-state index < -0.39 is 40.3 Å². The van der Waals surface area contributed by atoms with Crippen molar-refractivity contribution in [2.75, 3.05) is 0 Å². The third-order valence-corrected chi connectivity index (χ3v) is 4.16. The first kappa shape index (κ1) is 13.6. The Bertz CT molecular complexity index is 341. The van der Waals surface area contributed by atoms with Gasteiger partial charge in [-0.15, -0.1) is 4.72 Å². The molecule has 0 aromatic rings. The number of halogens is 5. The summed E-state index contributed by atoms with van der Waals surface area (Å²) in [4.78, 5) is 0. The van der Waals surface area contributed by atoms with Crippen molar-refractivity contribution in [3.63, 3.8) is 0 Å². The SMILES string of the molecule is O=S(=O)(NC(F)(F)F)C1CCC(F)C(F)C1. The lowest BCUT2D eigenvalue weighted by Gasteiger charge is -2.27. The fourth-order valence-electron chi connectivity index (χ4n) is 1.57. The number of hydrogen-bond donors (Lipinski definition) is 1. The van der Waals surface area contributed by atoms with E-state index in [2.05, 4.69) is 0 Å². The normalized spacial score (nSPS) is 32.7. The highest BCUT2D eigenvalue weighted by atomic mass is 32.2. The van der Waals surface area contributed by atoms with Crippen LogP contribution < -0.4 is 4.72 Å². The lowest BCUT2D eigenvalue weighted by Crippen LogP contribution is -2.46. The summed E-state index contributed by atoms with van der Waals surface area (Å²) >= 11 is 0. The first-order chi connectivity index (χ1) is 7.12. The van der Waals surface area contributed by atoms with Crippen molar-refractivity contribution >= 4 is 10.0 Å². The highest BCUT2D eigenvalue weighted by Crippen LogP contribution is 2.29. The van der Waals surface area contributed by atoms with E-state index in [1.165, 1.54) is 0 Å². The average Bonchev–Trinajstić information content (AvgIpc) is 2.05. The van der Waals surface area contributed by atoms with Gasteiger partial charge in [0, 0.05) is 0 Å². The van der Waals surface area contributed by atoms with Crippen LogP contribution in [0, 0.1) is 0 Å². The fraction of sp³-hybridized carbons (Fsp3) is 1.00. The molecule has 1 fully saturated rings. The summed E-state index contributed by atoms with van der Waals surface area (Å²) in [6.07, 6.45) is -10.3. The molecular formula is C7H10F5NO2S. The monoisotopic (exact) mass is 267 g/mol. The molecule has 16 heavy (non-hydrogen) atoms. The van der Waals surface area contributed by atoms with Crippen LogP contribution >= 0.6 is 0 Å². The van der Waals surface area contributed by atoms with Crippen LogP contribution in [-0.2, 0) is 10.0 Å². The molecule has 0 aromatic heterocycles. The lowest BCUT2D eigenvalue weighted by molar-refractivity contribution is -0.138. The number of rotatable bonds is 2. The Hall–Kier alpha value is -0.440. The van der Waals surface area contributed by atoms with E-state index in [1.807, 2.05) is 0 Å². The molecule has 1 rings (SSSR count). The molecule has 1 N–H and O–H groups in total. The van der Waals surface area contributed by atoms with Gasteiger partial charge < -0.3 is 0 Å². The predicted molar refractivity (Wildman–Crippen MR) is 45.5 cm³/mol. The molecular weight excluding hydrogens is 257 g/mol. The van der Waals surface area contributed by atoms with Crippen LogP contribution in [0.25, 0.3) is 0 Å².